The van der Waals surface area contributed by atoms with Crippen LogP contribution in [-0.2, 0) is 0 Å². The number of hydrogen-bond acceptors (Lipinski definition) is 8. The van der Waals surface area contributed by atoms with E-state index in [9.17, 15) is 0 Å². The molecule has 4 N–H and O–H groups in total. The van der Waals surface area contributed by atoms with Crippen molar-refractivity contribution in [1.29, 1.82) is 0 Å². The molecule has 9 heteroatoms. The largest absolute Gasteiger partial charge is 0.399 e. The fourth-order valence-corrected chi connectivity index (χ4v) is 5.79. The number of piperazine rings is 1. The van der Waals surface area contributed by atoms with Gasteiger partial charge in [0, 0.05) is 56.5 Å². The zero-order chi connectivity index (χ0) is 31.8. The highest BCUT2D eigenvalue weighted by Crippen LogP contribution is 2.31. The minimum Gasteiger partial charge on any atom is -0.399 e. The lowest BCUT2D eigenvalue weighted by molar-refractivity contribution is 0.250. The number of benzene rings is 1. The van der Waals surface area contributed by atoms with Crippen LogP contribution in [0.2, 0.25) is 0 Å². The maximum Gasteiger partial charge on any atom is 0.186 e. The maximum atomic E-state index is 5.70. The number of nitrogens with zero attached hydrogens (tertiary/aromatic N) is 5. The van der Waals surface area contributed by atoms with Crippen LogP contribution in [-0.4, -0.2) is 77.8 Å². The topological polar surface area (TPSA) is 89.3 Å². The first kappa shape index (κ1) is 35.4. The first-order valence-electron chi connectivity index (χ1n) is 15.3. The Labute approximate surface area is 263 Å². The molecule has 3 aromatic rings. The predicted octanol–water partition coefficient (Wildman–Crippen LogP) is 7.10. The van der Waals surface area contributed by atoms with E-state index >= 15 is 0 Å². The molecule has 0 spiro atoms. The summed E-state index contributed by atoms with van der Waals surface area (Å²) in [5, 5.41) is 12.2. The fraction of sp³-hybridized carbons (Fsp3) is 0.412. The molecular weight excluding hydrogens is 552 g/mol. The van der Waals surface area contributed by atoms with Gasteiger partial charge in [0.05, 0.1) is 21.8 Å². The van der Waals surface area contributed by atoms with E-state index in [1.807, 2.05) is 50.4 Å². The van der Waals surface area contributed by atoms with Crippen molar-refractivity contribution in [3.8, 4) is 0 Å². The van der Waals surface area contributed by atoms with Gasteiger partial charge < -0.3 is 20.9 Å². The van der Waals surface area contributed by atoms with Gasteiger partial charge in [-0.05, 0) is 56.3 Å². The molecule has 8 nitrogen and oxygen atoms in total. The Kier molecular flexibility index (Phi) is 15.4. The standard InChI is InChI=1S/C20H30N4S.C10H12N4.C2H6.C2H4/c1-4-11-22(5-2)16-17(3)23-12-14-24(15-13-23)20-21-18-9-7-6-8-10-19(18)25-20;1-6(12-2)10-8-5-7(11)3-4-9(8)13-14-10;2*1-2/h7-10H,3-6,11-16H2,1-2H3;3-5,12H,1,11H2,2H3,(H,13,14);1-2H3;1-2H2. The van der Waals surface area contributed by atoms with Gasteiger partial charge in [-0.3, -0.25) is 10.00 Å². The van der Waals surface area contributed by atoms with Crippen molar-refractivity contribution < 1.29 is 0 Å². The molecule has 1 aromatic carbocycles. The van der Waals surface area contributed by atoms with Crippen LogP contribution in [0.5, 0.6) is 0 Å². The molecule has 0 atom stereocenters. The van der Waals surface area contributed by atoms with Crippen molar-refractivity contribution in [3.63, 3.8) is 0 Å². The number of anilines is 2. The molecule has 0 saturated carbocycles. The summed E-state index contributed by atoms with van der Waals surface area (Å²) in [5.41, 5.74) is 11.4. The summed E-state index contributed by atoms with van der Waals surface area (Å²) in [7, 11) is 1.81. The maximum absolute atomic E-state index is 5.70. The van der Waals surface area contributed by atoms with Crippen LogP contribution < -0.4 is 16.0 Å². The number of fused-ring (bicyclic) bond motifs is 2. The van der Waals surface area contributed by atoms with Crippen LogP contribution >= 0.6 is 11.3 Å². The van der Waals surface area contributed by atoms with E-state index in [0.29, 0.717) is 0 Å². The van der Waals surface area contributed by atoms with Gasteiger partial charge in [0.1, 0.15) is 5.69 Å². The van der Waals surface area contributed by atoms with Gasteiger partial charge >= 0.3 is 0 Å². The smallest absolute Gasteiger partial charge is 0.186 e. The monoisotopic (exact) mass is 604 g/mol. The minimum absolute atomic E-state index is 0.726. The summed E-state index contributed by atoms with van der Waals surface area (Å²) in [5.74, 6) is 0. The minimum atomic E-state index is 0.726. The van der Waals surface area contributed by atoms with Gasteiger partial charge in [-0.25, -0.2) is 4.98 Å². The van der Waals surface area contributed by atoms with Crippen LogP contribution in [0.4, 0.5) is 10.8 Å². The van der Waals surface area contributed by atoms with Crippen molar-refractivity contribution in [3.05, 3.63) is 78.6 Å². The van der Waals surface area contributed by atoms with Gasteiger partial charge in [0.2, 0.25) is 0 Å². The number of nitrogens with one attached hydrogen (secondary N) is 2. The van der Waals surface area contributed by atoms with Gasteiger partial charge in [0.25, 0.3) is 0 Å². The molecule has 234 valence electrons. The molecule has 0 unspecified atom stereocenters. The number of aromatic nitrogens is 3. The Morgan fingerprint density at radius 1 is 1.09 bits per heavy atom. The average molecular weight is 605 g/mol. The number of nitrogens with two attached hydrogens (primary N) is 1. The number of thiazole rings is 1. The van der Waals surface area contributed by atoms with E-state index < -0.39 is 0 Å². The summed E-state index contributed by atoms with van der Waals surface area (Å²) >= 11 is 1.81. The first-order valence-corrected chi connectivity index (χ1v) is 16.1. The molecule has 2 aromatic heterocycles. The molecule has 1 aliphatic heterocycles. The number of allylic oxidation sites excluding steroid dienone is 2. The van der Waals surface area contributed by atoms with Crippen molar-refractivity contribution in [1.82, 2.24) is 30.3 Å². The summed E-state index contributed by atoms with van der Waals surface area (Å²) in [6.45, 7) is 30.1. The molecule has 1 fully saturated rings. The molecule has 0 radical (unpaired) electrons. The molecule has 3 heterocycles. The number of hydrogen-bond donors (Lipinski definition) is 3. The van der Waals surface area contributed by atoms with E-state index in [-0.39, 0.29) is 0 Å². The van der Waals surface area contributed by atoms with Gasteiger partial charge in [-0.2, -0.15) is 5.10 Å². The highest BCUT2D eigenvalue weighted by molar-refractivity contribution is 7.16. The predicted molar refractivity (Wildman–Crippen MR) is 191 cm³/mol. The molecule has 2 aliphatic rings. The van der Waals surface area contributed by atoms with Crippen molar-refractivity contribution >= 4 is 50.9 Å². The Hall–Kier alpha value is -3.82. The van der Waals surface area contributed by atoms with E-state index in [1.54, 1.807) is 0 Å². The molecule has 1 saturated heterocycles. The van der Waals surface area contributed by atoms with Crippen LogP contribution in [0.1, 0.15) is 56.8 Å². The quantitative estimate of drug-likeness (QED) is 0.177. The number of rotatable bonds is 9. The summed E-state index contributed by atoms with van der Waals surface area (Å²) in [4.78, 5) is 13.5. The number of nitrogen functional groups attached to an aromatic ring is 1. The van der Waals surface area contributed by atoms with Gasteiger partial charge in [0.15, 0.2) is 5.13 Å². The summed E-state index contributed by atoms with van der Waals surface area (Å²) in [6, 6.07) is 5.63. The van der Waals surface area contributed by atoms with Gasteiger partial charge in [-0.15, -0.1) is 13.2 Å². The molecule has 5 rings (SSSR count). The molecular formula is C34H52N8S. The Morgan fingerprint density at radius 3 is 2.44 bits per heavy atom. The van der Waals surface area contributed by atoms with Crippen LogP contribution in [0.3, 0.4) is 0 Å². The first-order chi connectivity index (χ1) is 20.9. The van der Waals surface area contributed by atoms with Crippen LogP contribution in [0.25, 0.3) is 28.8 Å². The number of likely N-dealkylation sites (N-methyl/N-ethyl adjacent to an activating group) is 1. The molecule has 43 heavy (non-hydrogen) atoms. The second-order valence-corrected chi connectivity index (χ2v) is 10.8. The second-order valence-electron chi connectivity index (χ2n) is 9.80. The van der Waals surface area contributed by atoms with E-state index in [0.717, 1.165) is 91.0 Å². The third-order valence-electron chi connectivity index (χ3n) is 7.05. The van der Waals surface area contributed by atoms with E-state index in [4.69, 9.17) is 10.7 Å². The second kappa shape index (κ2) is 18.7. The van der Waals surface area contributed by atoms with Crippen molar-refractivity contribution in [2.24, 2.45) is 0 Å². The zero-order valence-corrected chi connectivity index (χ0v) is 27.8. The van der Waals surface area contributed by atoms with E-state index in [2.05, 4.69) is 94.7 Å². The lowest BCUT2D eigenvalue weighted by Gasteiger charge is -2.38. The lowest BCUT2D eigenvalue weighted by Crippen LogP contribution is -2.47. The summed E-state index contributed by atoms with van der Waals surface area (Å²) < 4.78 is 0. The highest BCUT2D eigenvalue weighted by Gasteiger charge is 2.22. The lowest BCUT2D eigenvalue weighted by atomic mass is 10.1. The van der Waals surface area contributed by atoms with Gasteiger partial charge in [-0.1, -0.05) is 64.3 Å². The number of aromatic amines is 1. The Balaban J connectivity index is 0.000000303. The summed E-state index contributed by atoms with van der Waals surface area (Å²) in [6.07, 6.45) is 11.0. The van der Waals surface area contributed by atoms with Crippen LogP contribution in [0.15, 0.2) is 62.4 Å². The third-order valence-corrected chi connectivity index (χ3v) is 8.15. The Bertz CT molecular complexity index is 1310. The van der Waals surface area contributed by atoms with E-state index in [1.165, 1.54) is 17.0 Å². The zero-order valence-electron chi connectivity index (χ0n) is 27.0. The van der Waals surface area contributed by atoms with Crippen molar-refractivity contribution in [2.75, 3.05) is 63.5 Å². The highest BCUT2D eigenvalue weighted by atomic mass is 32.1. The molecule has 0 bridgehead atoms. The van der Waals surface area contributed by atoms with Crippen LogP contribution in [0, 0.1) is 0 Å². The fourth-order valence-electron chi connectivity index (χ4n) is 4.76. The molecule has 0 amide bonds. The average Bonchev–Trinajstić information content (AvgIpc) is 3.59. The number of H-pyrrole nitrogens is 1. The molecule has 1 aliphatic carbocycles. The van der Waals surface area contributed by atoms with Crippen molar-refractivity contribution in [2.45, 2.75) is 40.5 Å². The Morgan fingerprint density at radius 2 is 1.79 bits per heavy atom. The third kappa shape index (κ3) is 9.86. The normalized spacial score (nSPS) is 13.5. The SMILES string of the molecule is C=C.C=C(CN(CC)CCC)N1CCN(c2nc3c(s2)C=CCC=C3)CC1.C=C(NC)c1n[nH]c2ccc(N)cc12.CC.